The summed E-state index contributed by atoms with van der Waals surface area (Å²) in [6.07, 6.45) is 4.44. The molecular formula is C16H20N2OS. The fraction of sp³-hybridized carbons (Fsp3) is 0.438. The molecule has 1 aliphatic carbocycles. The smallest absolute Gasteiger partial charge is 0.213 e. The number of nitrogens with zero attached hydrogens (tertiary/aromatic N) is 1. The Labute approximate surface area is 124 Å². The highest BCUT2D eigenvalue weighted by molar-refractivity contribution is 7.10. The number of thiophene rings is 1. The van der Waals surface area contributed by atoms with Crippen LogP contribution in [0.5, 0.6) is 5.88 Å². The Kier molecular flexibility index (Phi) is 4.33. The maximum atomic E-state index is 5.71. The number of hydrogen-bond donors (Lipinski definition) is 1. The van der Waals surface area contributed by atoms with Gasteiger partial charge in [-0.15, -0.1) is 11.3 Å². The standard InChI is InChI=1S/C16H20N2OS/c1-12(15-3-2-8-20-15)18-10-14-6-7-17-16(9-14)19-11-13-4-5-13/h2-3,6-9,12-13,18H,4-5,10-11H2,1H3/t12-/m0/s1. The van der Waals surface area contributed by atoms with Gasteiger partial charge in [-0.25, -0.2) is 4.98 Å². The Morgan fingerprint density at radius 3 is 3.10 bits per heavy atom. The number of ether oxygens (including phenoxy) is 1. The lowest BCUT2D eigenvalue weighted by Crippen LogP contribution is -2.17. The lowest BCUT2D eigenvalue weighted by Gasteiger charge is -2.12. The van der Waals surface area contributed by atoms with Crippen molar-refractivity contribution in [1.29, 1.82) is 0 Å². The van der Waals surface area contributed by atoms with Crippen molar-refractivity contribution in [2.75, 3.05) is 6.61 Å². The Bertz CT molecular complexity index is 537. The molecule has 2 heterocycles. The van der Waals surface area contributed by atoms with E-state index in [1.54, 1.807) is 11.3 Å². The van der Waals surface area contributed by atoms with E-state index in [0.29, 0.717) is 6.04 Å². The van der Waals surface area contributed by atoms with Gasteiger partial charge in [0, 0.05) is 29.7 Å². The summed E-state index contributed by atoms with van der Waals surface area (Å²) in [5.74, 6) is 1.51. The zero-order valence-electron chi connectivity index (χ0n) is 11.7. The lowest BCUT2D eigenvalue weighted by atomic mass is 10.2. The summed E-state index contributed by atoms with van der Waals surface area (Å²) in [4.78, 5) is 5.63. The summed E-state index contributed by atoms with van der Waals surface area (Å²) >= 11 is 1.79. The van der Waals surface area contributed by atoms with E-state index in [9.17, 15) is 0 Å². The zero-order chi connectivity index (χ0) is 13.8. The second-order valence-electron chi connectivity index (χ2n) is 5.37. The highest BCUT2D eigenvalue weighted by Crippen LogP contribution is 2.29. The SMILES string of the molecule is C[C@H](NCc1ccnc(OCC2CC2)c1)c1cccs1. The number of pyridine rings is 1. The van der Waals surface area contributed by atoms with E-state index >= 15 is 0 Å². The second-order valence-corrected chi connectivity index (χ2v) is 6.35. The number of rotatable bonds is 7. The molecule has 0 aliphatic heterocycles. The van der Waals surface area contributed by atoms with Crippen LogP contribution < -0.4 is 10.1 Å². The van der Waals surface area contributed by atoms with Gasteiger partial charge < -0.3 is 10.1 Å². The normalized spacial score (nSPS) is 16.1. The van der Waals surface area contributed by atoms with E-state index in [1.807, 2.05) is 18.3 Å². The van der Waals surface area contributed by atoms with Crippen LogP contribution in [-0.4, -0.2) is 11.6 Å². The third-order valence-corrected chi connectivity index (χ3v) is 4.60. The second kappa shape index (κ2) is 6.37. The Morgan fingerprint density at radius 1 is 1.45 bits per heavy atom. The minimum absolute atomic E-state index is 0.374. The summed E-state index contributed by atoms with van der Waals surface area (Å²) in [6.45, 7) is 3.84. The summed E-state index contributed by atoms with van der Waals surface area (Å²) in [5.41, 5.74) is 1.22. The molecule has 1 atom stereocenters. The van der Waals surface area contributed by atoms with Crippen LogP contribution in [0, 0.1) is 5.92 Å². The van der Waals surface area contributed by atoms with Gasteiger partial charge in [0.1, 0.15) is 0 Å². The molecule has 1 saturated carbocycles. The Balaban J connectivity index is 1.52. The molecule has 0 saturated heterocycles. The van der Waals surface area contributed by atoms with Crippen LogP contribution in [0.15, 0.2) is 35.8 Å². The van der Waals surface area contributed by atoms with E-state index in [1.165, 1.54) is 23.3 Å². The number of aromatic nitrogens is 1. The maximum absolute atomic E-state index is 5.71. The van der Waals surface area contributed by atoms with Crippen LogP contribution >= 0.6 is 11.3 Å². The van der Waals surface area contributed by atoms with E-state index in [-0.39, 0.29) is 0 Å². The quantitative estimate of drug-likeness (QED) is 0.842. The predicted octanol–water partition coefficient (Wildman–Crippen LogP) is 3.78. The molecule has 0 radical (unpaired) electrons. The molecule has 106 valence electrons. The van der Waals surface area contributed by atoms with Crippen LogP contribution in [0.4, 0.5) is 0 Å². The van der Waals surface area contributed by atoms with Gasteiger partial charge >= 0.3 is 0 Å². The summed E-state index contributed by atoms with van der Waals surface area (Å²) in [5, 5.41) is 5.65. The van der Waals surface area contributed by atoms with Gasteiger partial charge in [-0.05, 0) is 48.8 Å². The minimum Gasteiger partial charge on any atom is -0.477 e. The lowest BCUT2D eigenvalue weighted by molar-refractivity contribution is 0.288. The van der Waals surface area contributed by atoms with Gasteiger partial charge in [0.25, 0.3) is 0 Å². The monoisotopic (exact) mass is 288 g/mol. The summed E-state index contributed by atoms with van der Waals surface area (Å²) < 4.78 is 5.71. The molecule has 2 aromatic heterocycles. The van der Waals surface area contributed by atoms with Crippen molar-refractivity contribution >= 4 is 11.3 Å². The molecule has 0 spiro atoms. The molecule has 2 aromatic rings. The van der Waals surface area contributed by atoms with E-state index < -0.39 is 0 Å². The molecule has 3 nitrogen and oxygen atoms in total. The van der Waals surface area contributed by atoms with Gasteiger partial charge in [0.15, 0.2) is 0 Å². The first kappa shape index (κ1) is 13.6. The molecule has 0 unspecified atom stereocenters. The molecule has 20 heavy (non-hydrogen) atoms. The first-order valence-corrected chi connectivity index (χ1v) is 8.04. The average molecular weight is 288 g/mol. The fourth-order valence-corrected chi connectivity index (χ4v) is 2.80. The molecule has 0 aromatic carbocycles. The first-order chi connectivity index (χ1) is 9.81. The molecule has 0 amide bonds. The number of hydrogen-bond acceptors (Lipinski definition) is 4. The topological polar surface area (TPSA) is 34.2 Å². The first-order valence-electron chi connectivity index (χ1n) is 7.16. The molecule has 1 fully saturated rings. The fourth-order valence-electron chi connectivity index (χ4n) is 2.04. The molecule has 0 bridgehead atoms. The van der Waals surface area contributed by atoms with Crippen molar-refractivity contribution < 1.29 is 4.74 Å². The van der Waals surface area contributed by atoms with Crippen LogP contribution in [0.2, 0.25) is 0 Å². The largest absolute Gasteiger partial charge is 0.477 e. The van der Waals surface area contributed by atoms with E-state index in [4.69, 9.17) is 4.74 Å². The van der Waals surface area contributed by atoms with Crippen molar-refractivity contribution in [3.63, 3.8) is 0 Å². The summed E-state index contributed by atoms with van der Waals surface area (Å²) in [7, 11) is 0. The van der Waals surface area contributed by atoms with Crippen LogP contribution in [0.25, 0.3) is 0 Å². The van der Waals surface area contributed by atoms with Crippen LogP contribution in [0.1, 0.15) is 36.2 Å². The number of nitrogens with one attached hydrogen (secondary N) is 1. The van der Waals surface area contributed by atoms with Crippen LogP contribution in [-0.2, 0) is 6.54 Å². The Hall–Kier alpha value is -1.39. The van der Waals surface area contributed by atoms with Crippen molar-refractivity contribution in [2.24, 2.45) is 5.92 Å². The predicted molar refractivity (Wildman–Crippen MR) is 82.0 cm³/mol. The van der Waals surface area contributed by atoms with Gasteiger partial charge in [-0.2, -0.15) is 0 Å². The van der Waals surface area contributed by atoms with Gasteiger partial charge in [-0.3, -0.25) is 0 Å². The van der Waals surface area contributed by atoms with Gasteiger partial charge in [0.05, 0.1) is 6.61 Å². The van der Waals surface area contributed by atoms with Gasteiger partial charge in [-0.1, -0.05) is 6.07 Å². The van der Waals surface area contributed by atoms with Crippen molar-refractivity contribution in [2.45, 2.75) is 32.4 Å². The van der Waals surface area contributed by atoms with Crippen LogP contribution in [0.3, 0.4) is 0 Å². The van der Waals surface area contributed by atoms with Gasteiger partial charge in [0.2, 0.25) is 5.88 Å². The van der Waals surface area contributed by atoms with Crippen molar-refractivity contribution in [1.82, 2.24) is 10.3 Å². The molecule has 3 rings (SSSR count). The highest BCUT2D eigenvalue weighted by atomic mass is 32.1. The molecule has 1 aliphatic rings. The third-order valence-electron chi connectivity index (χ3n) is 3.55. The summed E-state index contributed by atoms with van der Waals surface area (Å²) in [6, 6.07) is 8.71. The maximum Gasteiger partial charge on any atom is 0.213 e. The molecule has 4 heteroatoms. The zero-order valence-corrected chi connectivity index (χ0v) is 12.5. The third kappa shape index (κ3) is 3.81. The van der Waals surface area contributed by atoms with E-state index in [0.717, 1.165) is 24.9 Å². The highest BCUT2D eigenvalue weighted by Gasteiger charge is 2.22. The Morgan fingerprint density at radius 2 is 2.35 bits per heavy atom. The average Bonchev–Trinajstić information content (AvgIpc) is 3.14. The molecule has 1 N–H and O–H groups in total. The molecular weight excluding hydrogens is 268 g/mol. The van der Waals surface area contributed by atoms with Crippen molar-refractivity contribution in [3.8, 4) is 5.88 Å². The minimum atomic E-state index is 0.374. The van der Waals surface area contributed by atoms with Crippen molar-refractivity contribution in [3.05, 3.63) is 46.3 Å². The van der Waals surface area contributed by atoms with E-state index in [2.05, 4.69) is 34.7 Å².